The second-order valence-corrected chi connectivity index (χ2v) is 8.60. The van der Waals surface area contributed by atoms with E-state index in [1.807, 2.05) is 42.5 Å². The van der Waals surface area contributed by atoms with Crippen LogP contribution in [0.25, 0.3) is 11.1 Å². The molecule has 3 amide bonds. The Morgan fingerprint density at radius 3 is 1.94 bits per heavy atom. The minimum Gasteiger partial charge on any atom is -0.448 e. The number of para-hydroxylation sites is 1. The highest BCUT2D eigenvalue weighted by molar-refractivity contribution is 6.11. The number of benzene rings is 3. The first-order chi connectivity index (χ1) is 15.3. The lowest BCUT2D eigenvalue weighted by Crippen LogP contribution is -2.46. The van der Waals surface area contributed by atoms with E-state index in [-0.39, 0.29) is 12.5 Å². The van der Waals surface area contributed by atoms with Gasteiger partial charge in [-0.15, -0.1) is 0 Å². The van der Waals surface area contributed by atoms with Gasteiger partial charge in [-0.3, -0.25) is 4.84 Å². The molecule has 0 saturated heterocycles. The molecular formula is C26H26N2O4. The van der Waals surface area contributed by atoms with Gasteiger partial charge in [0.2, 0.25) is 0 Å². The Hall–Kier alpha value is -3.64. The molecule has 4 rings (SSSR count). The Balaban J connectivity index is 1.55. The van der Waals surface area contributed by atoms with Crippen LogP contribution >= 0.6 is 0 Å². The molecule has 6 nitrogen and oxygen atoms in total. The van der Waals surface area contributed by atoms with E-state index in [2.05, 4.69) is 17.6 Å². The first kappa shape index (κ1) is 21.6. The number of fused-ring (bicyclic) bond motifs is 3. The normalized spacial score (nSPS) is 12.6. The van der Waals surface area contributed by atoms with Gasteiger partial charge in [0.05, 0.1) is 11.3 Å². The summed E-state index contributed by atoms with van der Waals surface area (Å²) in [7, 11) is 0. The van der Waals surface area contributed by atoms with E-state index in [0.29, 0.717) is 5.69 Å². The van der Waals surface area contributed by atoms with Crippen molar-refractivity contribution < 1.29 is 19.2 Å². The van der Waals surface area contributed by atoms with E-state index in [9.17, 15) is 9.59 Å². The van der Waals surface area contributed by atoms with Gasteiger partial charge in [-0.2, -0.15) is 4.90 Å². The number of hydrogen-bond donors (Lipinski definition) is 1. The van der Waals surface area contributed by atoms with Crippen LogP contribution in [0, 0.1) is 0 Å². The summed E-state index contributed by atoms with van der Waals surface area (Å²) in [6.45, 7) is 5.51. The average molecular weight is 431 g/mol. The van der Waals surface area contributed by atoms with Crippen LogP contribution < -0.4 is 10.4 Å². The monoisotopic (exact) mass is 430 g/mol. The van der Waals surface area contributed by atoms with Gasteiger partial charge in [-0.25, -0.2) is 15.1 Å². The van der Waals surface area contributed by atoms with Crippen LogP contribution in [0.2, 0.25) is 0 Å². The molecule has 0 unspecified atom stereocenters. The Morgan fingerprint density at radius 2 is 1.38 bits per heavy atom. The van der Waals surface area contributed by atoms with Crippen molar-refractivity contribution in [3.63, 3.8) is 0 Å². The number of carbonyl (C=O) groups excluding carboxylic acids is 2. The van der Waals surface area contributed by atoms with Gasteiger partial charge in [-0.1, -0.05) is 66.7 Å². The van der Waals surface area contributed by atoms with Crippen molar-refractivity contribution >= 4 is 17.8 Å². The smallest absolute Gasteiger partial charge is 0.422 e. The lowest BCUT2D eigenvalue weighted by molar-refractivity contribution is -0.0516. The van der Waals surface area contributed by atoms with Gasteiger partial charge >= 0.3 is 12.1 Å². The predicted octanol–water partition coefficient (Wildman–Crippen LogP) is 5.88. The predicted molar refractivity (Wildman–Crippen MR) is 123 cm³/mol. The molecule has 0 spiro atoms. The maximum atomic E-state index is 13.1. The second kappa shape index (κ2) is 8.85. The number of amides is 3. The van der Waals surface area contributed by atoms with Crippen LogP contribution in [0.15, 0.2) is 78.9 Å². The number of imide groups is 1. The minimum atomic E-state index is -0.770. The highest BCUT2D eigenvalue weighted by Gasteiger charge is 2.32. The Labute approximate surface area is 187 Å². The summed E-state index contributed by atoms with van der Waals surface area (Å²) in [5.41, 5.74) is 6.61. The number of anilines is 1. The molecule has 0 aromatic heterocycles. The molecule has 164 valence electrons. The average Bonchev–Trinajstić information content (AvgIpc) is 3.10. The molecule has 6 heteroatoms. The zero-order valence-corrected chi connectivity index (χ0v) is 18.4. The molecule has 0 atom stereocenters. The molecule has 3 aromatic carbocycles. The Bertz CT molecular complexity index is 1080. The molecule has 0 radical (unpaired) electrons. The van der Waals surface area contributed by atoms with Crippen LogP contribution in [0.4, 0.5) is 15.3 Å². The van der Waals surface area contributed by atoms with Gasteiger partial charge in [0.25, 0.3) is 0 Å². The molecule has 1 aliphatic rings. The third-order valence-electron chi connectivity index (χ3n) is 5.18. The van der Waals surface area contributed by atoms with Gasteiger partial charge in [0.1, 0.15) is 6.61 Å². The van der Waals surface area contributed by atoms with Crippen molar-refractivity contribution in [2.75, 3.05) is 11.5 Å². The summed E-state index contributed by atoms with van der Waals surface area (Å²) in [6, 6.07) is 24.1. The quantitative estimate of drug-likeness (QED) is 0.525. The lowest BCUT2D eigenvalue weighted by atomic mass is 9.98. The number of carbonyl (C=O) groups is 2. The molecule has 0 saturated carbocycles. The molecule has 1 aliphatic carbocycles. The SMILES string of the molecule is CC(C)(C)ONC(=O)N(C(=O)OCC1c2ccccc2-c2ccccc21)c1ccccc1. The summed E-state index contributed by atoms with van der Waals surface area (Å²) < 4.78 is 5.68. The Kier molecular flexibility index (Phi) is 5.97. The van der Waals surface area contributed by atoms with E-state index in [0.717, 1.165) is 27.2 Å². The summed E-state index contributed by atoms with van der Waals surface area (Å²) in [4.78, 5) is 32.2. The van der Waals surface area contributed by atoms with E-state index in [1.54, 1.807) is 45.0 Å². The fraction of sp³-hybridized carbons (Fsp3) is 0.231. The van der Waals surface area contributed by atoms with E-state index >= 15 is 0 Å². The van der Waals surface area contributed by atoms with Crippen molar-refractivity contribution in [1.29, 1.82) is 0 Å². The molecule has 0 bridgehead atoms. The molecule has 0 fully saturated rings. The van der Waals surface area contributed by atoms with Gasteiger partial charge < -0.3 is 4.74 Å². The number of nitrogens with one attached hydrogen (secondary N) is 1. The fourth-order valence-electron chi connectivity index (χ4n) is 3.78. The molecule has 0 aliphatic heterocycles. The number of nitrogens with zero attached hydrogens (tertiary/aromatic N) is 1. The van der Waals surface area contributed by atoms with Crippen molar-refractivity contribution in [3.8, 4) is 11.1 Å². The van der Waals surface area contributed by atoms with Crippen molar-refractivity contribution in [2.24, 2.45) is 0 Å². The number of hydroxylamine groups is 1. The standard InChI is InChI=1S/C26H26N2O4/c1-26(2,3)32-27-24(29)28(18-11-5-4-6-12-18)25(30)31-17-23-21-15-9-7-13-19(21)20-14-8-10-16-22(20)23/h4-16,23H,17H2,1-3H3,(H,27,29). The van der Waals surface area contributed by atoms with Crippen molar-refractivity contribution in [2.45, 2.75) is 32.3 Å². The molecule has 1 N–H and O–H groups in total. The zero-order chi connectivity index (χ0) is 22.7. The zero-order valence-electron chi connectivity index (χ0n) is 18.4. The molecule has 3 aromatic rings. The first-order valence-electron chi connectivity index (χ1n) is 10.5. The van der Waals surface area contributed by atoms with Crippen LogP contribution in [-0.2, 0) is 9.57 Å². The third kappa shape index (κ3) is 4.50. The van der Waals surface area contributed by atoms with Crippen LogP contribution in [-0.4, -0.2) is 24.3 Å². The summed E-state index contributed by atoms with van der Waals surface area (Å²) in [5, 5.41) is 0. The molecule has 32 heavy (non-hydrogen) atoms. The number of rotatable bonds is 4. The van der Waals surface area contributed by atoms with E-state index < -0.39 is 17.7 Å². The summed E-state index contributed by atoms with van der Waals surface area (Å²) in [6.07, 6.45) is -0.770. The number of hydrogen-bond acceptors (Lipinski definition) is 4. The van der Waals surface area contributed by atoms with Crippen LogP contribution in [0.1, 0.15) is 37.8 Å². The fourth-order valence-corrected chi connectivity index (χ4v) is 3.78. The van der Waals surface area contributed by atoms with Gasteiger partial charge in [-0.05, 0) is 55.2 Å². The topological polar surface area (TPSA) is 67.9 Å². The summed E-state index contributed by atoms with van der Waals surface area (Å²) in [5.74, 6) is -0.0992. The van der Waals surface area contributed by atoms with E-state index in [4.69, 9.17) is 9.57 Å². The number of urea groups is 1. The highest BCUT2D eigenvalue weighted by Crippen LogP contribution is 2.44. The molecule has 0 heterocycles. The second-order valence-electron chi connectivity index (χ2n) is 8.60. The molecular weight excluding hydrogens is 404 g/mol. The van der Waals surface area contributed by atoms with Crippen LogP contribution in [0.5, 0.6) is 0 Å². The van der Waals surface area contributed by atoms with Crippen LogP contribution in [0.3, 0.4) is 0 Å². The highest BCUT2D eigenvalue weighted by atomic mass is 16.7. The maximum absolute atomic E-state index is 13.1. The Morgan fingerprint density at radius 1 is 0.844 bits per heavy atom. The number of ether oxygens (including phenoxy) is 1. The summed E-state index contributed by atoms with van der Waals surface area (Å²) >= 11 is 0. The van der Waals surface area contributed by atoms with E-state index in [1.165, 1.54) is 0 Å². The lowest BCUT2D eigenvalue weighted by Gasteiger charge is -2.25. The van der Waals surface area contributed by atoms with Crippen molar-refractivity contribution in [3.05, 3.63) is 90.0 Å². The van der Waals surface area contributed by atoms with Crippen molar-refractivity contribution in [1.82, 2.24) is 5.48 Å². The maximum Gasteiger partial charge on any atom is 0.422 e. The minimum absolute atomic E-state index is 0.0992. The largest absolute Gasteiger partial charge is 0.448 e. The van der Waals surface area contributed by atoms with Gasteiger partial charge in [0.15, 0.2) is 0 Å². The first-order valence-corrected chi connectivity index (χ1v) is 10.5. The van der Waals surface area contributed by atoms with Gasteiger partial charge in [0, 0.05) is 5.92 Å². The third-order valence-corrected chi connectivity index (χ3v) is 5.18.